The number of hydrogen-bond acceptors (Lipinski definition) is 2. The van der Waals surface area contributed by atoms with Crippen molar-refractivity contribution in [2.45, 2.75) is 31.5 Å². The van der Waals surface area contributed by atoms with E-state index in [1.807, 2.05) is 0 Å². The average molecular weight is 260 g/mol. The number of carbonyl (C=O) groups is 1. The SMILES string of the molecule is O=C(O)c1ccc(C2CC2)c(OC(F)C(F)F)c1. The highest BCUT2D eigenvalue weighted by molar-refractivity contribution is 5.88. The van der Waals surface area contributed by atoms with Crippen molar-refractivity contribution in [3.8, 4) is 5.75 Å². The third kappa shape index (κ3) is 2.75. The maximum atomic E-state index is 12.9. The van der Waals surface area contributed by atoms with Gasteiger partial charge in [0.2, 0.25) is 0 Å². The van der Waals surface area contributed by atoms with E-state index in [1.54, 1.807) is 0 Å². The van der Waals surface area contributed by atoms with Gasteiger partial charge in [0.15, 0.2) is 0 Å². The summed E-state index contributed by atoms with van der Waals surface area (Å²) in [5.41, 5.74) is 0.471. The highest BCUT2D eigenvalue weighted by atomic mass is 19.3. The Labute approximate surface area is 101 Å². The molecule has 1 unspecified atom stereocenters. The van der Waals surface area contributed by atoms with Gasteiger partial charge in [-0.15, -0.1) is 0 Å². The molecule has 1 aliphatic rings. The number of carboxylic acids is 1. The highest BCUT2D eigenvalue weighted by Crippen LogP contribution is 2.44. The predicted molar refractivity (Wildman–Crippen MR) is 56.9 cm³/mol. The summed E-state index contributed by atoms with van der Waals surface area (Å²) < 4.78 is 41.6. The average Bonchev–Trinajstić information content (AvgIpc) is 3.12. The second-order valence-corrected chi connectivity index (χ2v) is 4.14. The zero-order chi connectivity index (χ0) is 13.3. The van der Waals surface area contributed by atoms with Gasteiger partial charge in [-0.05, 0) is 36.5 Å². The molecule has 2 rings (SSSR count). The molecule has 1 aliphatic carbocycles. The van der Waals surface area contributed by atoms with E-state index in [1.165, 1.54) is 12.1 Å². The zero-order valence-corrected chi connectivity index (χ0v) is 9.28. The van der Waals surface area contributed by atoms with Gasteiger partial charge in [-0.1, -0.05) is 6.07 Å². The van der Waals surface area contributed by atoms with E-state index in [4.69, 9.17) is 5.11 Å². The Balaban J connectivity index is 2.28. The van der Waals surface area contributed by atoms with E-state index < -0.39 is 18.8 Å². The molecule has 0 bridgehead atoms. The molecular weight excluding hydrogens is 249 g/mol. The van der Waals surface area contributed by atoms with Crippen LogP contribution in [0, 0.1) is 0 Å². The summed E-state index contributed by atoms with van der Waals surface area (Å²) in [5.74, 6) is -1.17. The smallest absolute Gasteiger partial charge is 0.335 e. The predicted octanol–water partition coefficient (Wildman–Crippen LogP) is 3.20. The minimum atomic E-state index is -3.26. The van der Waals surface area contributed by atoms with Crippen LogP contribution in [0.4, 0.5) is 13.2 Å². The zero-order valence-electron chi connectivity index (χ0n) is 9.28. The Morgan fingerprint density at radius 3 is 2.50 bits per heavy atom. The van der Waals surface area contributed by atoms with Gasteiger partial charge in [0.25, 0.3) is 6.36 Å². The summed E-state index contributed by atoms with van der Waals surface area (Å²) >= 11 is 0. The van der Waals surface area contributed by atoms with Crippen LogP contribution < -0.4 is 4.74 Å². The normalized spacial score (nSPS) is 16.7. The van der Waals surface area contributed by atoms with E-state index in [2.05, 4.69) is 4.74 Å². The number of carboxylic acid groups (broad SMARTS) is 1. The van der Waals surface area contributed by atoms with Crippen molar-refractivity contribution in [3.63, 3.8) is 0 Å². The van der Waals surface area contributed by atoms with Crippen LogP contribution in [0.2, 0.25) is 0 Å². The third-order valence-electron chi connectivity index (χ3n) is 2.72. The minimum Gasteiger partial charge on any atom is -0.478 e. The summed E-state index contributed by atoms with van der Waals surface area (Å²) in [6.45, 7) is 0. The Hall–Kier alpha value is -1.72. The van der Waals surface area contributed by atoms with Crippen LogP contribution in [-0.2, 0) is 0 Å². The van der Waals surface area contributed by atoms with Crippen LogP contribution in [0.3, 0.4) is 0 Å². The summed E-state index contributed by atoms with van der Waals surface area (Å²) in [6.07, 6.45) is -4.26. The van der Waals surface area contributed by atoms with Gasteiger partial charge in [-0.3, -0.25) is 0 Å². The molecule has 18 heavy (non-hydrogen) atoms. The number of benzene rings is 1. The van der Waals surface area contributed by atoms with Gasteiger partial charge in [0.1, 0.15) is 5.75 Å². The lowest BCUT2D eigenvalue weighted by Crippen LogP contribution is -2.20. The molecule has 0 spiro atoms. The second-order valence-electron chi connectivity index (χ2n) is 4.14. The van der Waals surface area contributed by atoms with Gasteiger partial charge in [-0.25, -0.2) is 13.6 Å². The molecule has 98 valence electrons. The Morgan fingerprint density at radius 2 is 2.00 bits per heavy atom. The summed E-state index contributed by atoms with van der Waals surface area (Å²) in [6, 6.07) is 3.94. The molecule has 1 N–H and O–H groups in total. The molecule has 3 nitrogen and oxygen atoms in total. The summed E-state index contributed by atoms with van der Waals surface area (Å²) in [5, 5.41) is 8.80. The van der Waals surface area contributed by atoms with Gasteiger partial charge in [0.05, 0.1) is 5.56 Å². The maximum Gasteiger partial charge on any atom is 0.335 e. The Bertz CT molecular complexity index is 458. The molecule has 1 aromatic rings. The fourth-order valence-electron chi connectivity index (χ4n) is 1.67. The van der Waals surface area contributed by atoms with Crippen molar-refractivity contribution in [2.24, 2.45) is 0 Å². The van der Waals surface area contributed by atoms with E-state index in [0.29, 0.717) is 5.56 Å². The molecule has 1 aromatic carbocycles. The first-order valence-electron chi connectivity index (χ1n) is 5.45. The van der Waals surface area contributed by atoms with E-state index in [-0.39, 0.29) is 17.2 Å². The quantitative estimate of drug-likeness (QED) is 0.884. The molecule has 0 radical (unpaired) electrons. The standard InChI is InChI=1S/C12H11F3O3/c13-10(14)11(15)18-9-5-7(12(16)17)3-4-8(9)6-1-2-6/h3-6,10-11H,1-2H2,(H,16,17). The molecule has 0 amide bonds. The van der Waals surface area contributed by atoms with E-state index >= 15 is 0 Å². The molecule has 1 fully saturated rings. The Kier molecular flexibility index (Phi) is 3.45. The van der Waals surface area contributed by atoms with Crippen LogP contribution in [0.25, 0.3) is 0 Å². The molecular formula is C12H11F3O3. The third-order valence-corrected chi connectivity index (χ3v) is 2.72. The van der Waals surface area contributed by atoms with Gasteiger partial charge < -0.3 is 9.84 Å². The number of rotatable bonds is 5. The lowest BCUT2D eigenvalue weighted by atomic mass is 10.1. The fraction of sp³-hybridized carbons (Fsp3) is 0.417. The summed E-state index contributed by atoms with van der Waals surface area (Å²) in [7, 11) is 0. The largest absolute Gasteiger partial charge is 0.478 e. The second kappa shape index (κ2) is 4.88. The Morgan fingerprint density at radius 1 is 1.33 bits per heavy atom. The first-order chi connectivity index (χ1) is 8.49. The van der Waals surface area contributed by atoms with Crippen molar-refractivity contribution < 1.29 is 27.8 Å². The molecule has 1 atom stereocenters. The van der Waals surface area contributed by atoms with Crippen molar-refractivity contribution in [3.05, 3.63) is 29.3 Å². The topological polar surface area (TPSA) is 46.5 Å². The summed E-state index contributed by atoms with van der Waals surface area (Å²) in [4.78, 5) is 10.8. The molecule has 0 heterocycles. The van der Waals surface area contributed by atoms with Crippen LogP contribution in [0.15, 0.2) is 18.2 Å². The van der Waals surface area contributed by atoms with Crippen molar-refractivity contribution in [1.82, 2.24) is 0 Å². The number of aromatic carboxylic acids is 1. The van der Waals surface area contributed by atoms with Crippen molar-refractivity contribution >= 4 is 5.97 Å². The fourth-order valence-corrected chi connectivity index (χ4v) is 1.67. The van der Waals surface area contributed by atoms with Gasteiger partial charge >= 0.3 is 12.4 Å². The first kappa shape index (κ1) is 12.7. The van der Waals surface area contributed by atoms with E-state index in [0.717, 1.165) is 18.9 Å². The van der Waals surface area contributed by atoms with Crippen LogP contribution in [0.1, 0.15) is 34.7 Å². The molecule has 0 aromatic heterocycles. The van der Waals surface area contributed by atoms with Crippen LogP contribution in [0.5, 0.6) is 5.75 Å². The van der Waals surface area contributed by atoms with Gasteiger partial charge in [-0.2, -0.15) is 4.39 Å². The molecule has 1 saturated carbocycles. The number of halogens is 3. The van der Waals surface area contributed by atoms with E-state index in [9.17, 15) is 18.0 Å². The molecule has 6 heteroatoms. The highest BCUT2D eigenvalue weighted by Gasteiger charge is 2.30. The number of ether oxygens (including phenoxy) is 1. The van der Waals surface area contributed by atoms with Gasteiger partial charge in [0, 0.05) is 0 Å². The lowest BCUT2D eigenvalue weighted by molar-refractivity contribution is -0.0673. The monoisotopic (exact) mass is 260 g/mol. The van der Waals surface area contributed by atoms with Crippen LogP contribution >= 0.6 is 0 Å². The first-order valence-corrected chi connectivity index (χ1v) is 5.45. The maximum absolute atomic E-state index is 12.9. The molecule has 0 saturated heterocycles. The lowest BCUT2D eigenvalue weighted by Gasteiger charge is -2.14. The number of alkyl halides is 3. The van der Waals surface area contributed by atoms with Crippen molar-refractivity contribution in [2.75, 3.05) is 0 Å². The van der Waals surface area contributed by atoms with Crippen LogP contribution in [-0.4, -0.2) is 23.9 Å². The molecule has 0 aliphatic heterocycles. The number of hydrogen-bond donors (Lipinski definition) is 1. The van der Waals surface area contributed by atoms with Crippen molar-refractivity contribution in [1.29, 1.82) is 0 Å². The minimum absolute atomic E-state index is 0.106.